The van der Waals surface area contributed by atoms with E-state index in [-0.39, 0.29) is 73.1 Å². The summed E-state index contributed by atoms with van der Waals surface area (Å²) in [5.74, 6) is 0. The molecule has 72 heavy (non-hydrogen) atoms. The average Bonchev–Trinajstić information content (AvgIpc) is 4.19. The molecule has 2 N–H and O–H groups in total. The number of aromatic nitrogens is 3. The van der Waals surface area contributed by atoms with E-state index in [9.17, 15) is 52.7 Å². The van der Waals surface area contributed by atoms with Crippen molar-refractivity contribution >= 4 is 45.9 Å². The zero-order chi connectivity index (χ0) is 50.7. The number of hydrogen-bond acceptors (Lipinski definition) is 3. The van der Waals surface area contributed by atoms with Crippen LogP contribution in [0.5, 0.6) is 0 Å². The zero-order valence-corrected chi connectivity index (χ0v) is 36.6. The lowest BCUT2D eigenvalue weighted by Crippen LogP contribution is -2.21. The summed E-state index contributed by atoms with van der Waals surface area (Å²) in [5.41, 5.74) is 0.689. The Morgan fingerprint density at radius 2 is 0.792 bits per heavy atom. The van der Waals surface area contributed by atoms with Gasteiger partial charge in [0.1, 0.15) is 0 Å². The highest BCUT2D eigenvalue weighted by Gasteiger charge is 2.34. The Morgan fingerprint density at radius 3 is 1.19 bits per heavy atom. The van der Waals surface area contributed by atoms with Gasteiger partial charge in [-0.05, 0) is 138 Å². The fraction of sp³-hybridized carbons (Fsp3) is 0.0727. The van der Waals surface area contributed by atoms with Crippen LogP contribution in [0, 0.1) is 0 Å². The number of halogens is 12. The van der Waals surface area contributed by atoms with E-state index < -0.39 is 47.0 Å². The minimum absolute atomic E-state index is 0.197. The van der Waals surface area contributed by atoms with Crippen molar-refractivity contribution in [3.63, 3.8) is 0 Å². The van der Waals surface area contributed by atoms with Gasteiger partial charge in [-0.25, -0.2) is 9.98 Å². The summed E-state index contributed by atoms with van der Waals surface area (Å²) in [5, 5.41) is 0.601. The number of fused-ring (bicyclic) bond motifs is 6. The van der Waals surface area contributed by atoms with Gasteiger partial charge < -0.3 is 9.97 Å². The first kappa shape index (κ1) is 47.2. The fourth-order valence-corrected chi connectivity index (χ4v) is 8.62. The molecule has 0 spiro atoms. The van der Waals surface area contributed by atoms with Gasteiger partial charge in [0.15, 0.2) is 0 Å². The standard InChI is InChI=1S/C55H31F12N5/c56-52(57,58)34-12-4-30(5-13-34)48-39-29-47(69-40(39)21-20-38-3-1-2-28-68-38)51(33-10-18-37(19-11-33)55(65,66)67)46-27-26-45(72-46)50(32-8-16-36(17-9-32)54(62,63)64)44-25-24-43(71-44)49(42-23-22-41(48)70-42)31-6-14-35(15-7-31)53(59,60)61/h1-29,69,71H/b21-20-,48-41?,49-43?,50-44?,51-46?. The maximum absolute atomic E-state index is 14.0. The summed E-state index contributed by atoms with van der Waals surface area (Å²) >= 11 is 0. The van der Waals surface area contributed by atoms with Crippen molar-refractivity contribution < 1.29 is 52.7 Å². The number of allylic oxidation sites excluding steroid dienone is 4. The Bertz CT molecular complexity index is 3610. The molecule has 6 heterocycles. The third-order valence-corrected chi connectivity index (χ3v) is 12.0. The van der Waals surface area contributed by atoms with Gasteiger partial charge in [0, 0.05) is 56.1 Å². The number of hydrogen-bond donors (Lipinski definition) is 2. The van der Waals surface area contributed by atoms with Crippen LogP contribution in [-0.2, 0) is 24.7 Å². The quantitative estimate of drug-likeness (QED) is 0.160. The topological polar surface area (TPSA) is 69.2 Å². The van der Waals surface area contributed by atoms with Crippen LogP contribution in [-0.4, -0.2) is 26.4 Å². The molecule has 0 unspecified atom stereocenters. The van der Waals surface area contributed by atoms with E-state index in [1.807, 2.05) is 0 Å². The molecule has 0 saturated carbocycles. The molecule has 7 aromatic rings. The largest absolute Gasteiger partial charge is 0.416 e. The van der Waals surface area contributed by atoms with Gasteiger partial charge in [0.05, 0.1) is 50.8 Å². The Kier molecular flexibility index (Phi) is 11.6. The lowest BCUT2D eigenvalue weighted by Gasteiger charge is -2.13. The summed E-state index contributed by atoms with van der Waals surface area (Å²) in [6.07, 6.45) is -7.51. The minimum atomic E-state index is -4.70. The Morgan fingerprint density at radius 1 is 0.389 bits per heavy atom. The predicted molar refractivity (Wildman–Crippen MR) is 250 cm³/mol. The van der Waals surface area contributed by atoms with Crippen molar-refractivity contribution in [1.29, 1.82) is 0 Å². The van der Waals surface area contributed by atoms with Crippen molar-refractivity contribution in [2.75, 3.05) is 0 Å². The molecule has 17 heteroatoms. The summed E-state index contributed by atoms with van der Waals surface area (Å²) in [7, 11) is 0. The predicted octanol–water partition coefficient (Wildman–Crippen LogP) is 13.6. The maximum atomic E-state index is 14.0. The highest BCUT2D eigenvalue weighted by molar-refractivity contribution is 6.31. The van der Waals surface area contributed by atoms with E-state index in [0.29, 0.717) is 27.6 Å². The van der Waals surface area contributed by atoms with Crippen molar-refractivity contribution in [1.82, 2.24) is 15.0 Å². The Balaban J connectivity index is 1.33. The van der Waals surface area contributed by atoms with E-state index in [1.165, 1.54) is 48.5 Å². The third kappa shape index (κ3) is 9.32. The third-order valence-electron chi connectivity index (χ3n) is 12.0. The average molecular weight is 990 g/mol. The monoisotopic (exact) mass is 989 g/mol. The second-order valence-corrected chi connectivity index (χ2v) is 16.6. The second-order valence-electron chi connectivity index (χ2n) is 16.6. The van der Waals surface area contributed by atoms with E-state index in [4.69, 9.17) is 9.98 Å². The minimum Gasteiger partial charge on any atom is -0.354 e. The highest BCUT2D eigenvalue weighted by atomic mass is 19.4. The lowest BCUT2D eigenvalue weighted by molar-refractivity contribution is -0.138. The van der Waals surface area contributed by atoms with Gasteiger partial charge in [0.25, 0.3) is 0 Å². The number of alkyl halides is 12. The van der Waals surface area contributed by atoms with Crippen LogP contribution in [0.3, 0.4) is 0 Å². The van der Waals surface area contributed by atoms with E-state index in [2.05, 4.69) is 15.0 Å². The number of benzene rings is 4. The fourth-order valence-electron chi connectivity index (χ4n) is 8.62. The summed E-state index contributed by atoms with van der Waals surface area (Å²) in [4.78, 5) is 21.1. The molecule has 0 atom stereocenters. The maximum Gasteiger partial charge on any atom is 0.416 e. The lowest BCUT2D eigenvalue weighted by atomic mass is 9.93. The highest BCUT2D eigenvalue weighted by Crippen LogP contribution is 2.41. The van der Waals surface area contributed by atoms with Crippen LogP contribution >= 0.6 is 0 Å². The molecule has 0 saturated heterocycles. The molecule has 0 aliphatic carbocycles. The normalized spacial score (nSPS) is 15.3. The molecule has 3 aromatic heterocycles. The molecule has 0 fully saturated rings. The van der Waals surface area contributed by atoms with Crippen LogP contribution in [0.25, 0.3) is 34.4 Å². The summed E-state index contributed by atoms with van der Waals surface area (Å²) in [6.45, 7) is 0. The number of nitrogens with zero attached hydrogens (tertiary/aromatic N) is 3. The van der Waals surface area contributed by atoms with Gasteiger partial charge >= 0.3 is 24.7 Å². The zero-order valence-electron chi connectivity index (χ0n) is 36.6. The van der Waals surface area contributed by atoms with Crippen LogP contribution in [0.15, 0.2) is 185 Å². The summed E-state index contributed by atoms with van der Waals surface area (Å²) in [6, 6.07) is 27.4. The number of aromatic amines is 2. The number of aliphatic imine (C=N–C) groups is 2. The van der Waals surface area contributed by atoms with Crippen LogP contribution in [0.4, 0.5) is 52.7 Å². The molecule has 10 rings (SSSR count). The SMILES string of the molecule is FC(F)(F)c1ccc(C2=C3C=CC(=N3)C(c3ccc(C(F)(F)F)cc3)=c3ccc([nH]3)=C(c3ccc(C(F)(F)F)cc3)C3=NC(=C(c4ccc(C(F)(F)F)cc4)c4cc2[nH]c4/C=C\c2ccccn2)C=C3)cc1. The van der Waals surface area contributed by atoms with Crippen LogP contribution < -0.4 is 10.7 Å². The van der Waals surface area contributed by atoms with Gasteiger partial charge in [-0.1, -0.05) is 54.6 Å². The van der Waals surface area contributed by atoms with Gasteiger partial charge in [0.2, 0.25) is 0 Å². The van der Waals surface area contributed by atoms with Crippen LogP contribution in [0.2, 0.25) is 0 Å². The molecular formula is C55H31F12N5. The second kappa shape index (κ2) is 17.7. The number of pyridine rings is 1. The number of nitrogens with one attached hydrogen (secondary N) is 2. The number of rotatable bonds is 6. The van der Waals surface area contributed by atoms with Crippen LogP contribution in [0.1, 0.15) is 67.2 Å². The molecule has 4 aromatic carbocycles. The Labute approximate surface area is 400 Å². The molecule has 8 bridgehead atoms. The molecule has 3 aliphatic heterocycles. The van der Waals surface area contributed by atoms with Crippen molar-refractivity contribution in [2.45, 2.75) is 24.7 Å². The molecule has 0 amide bonds. The molecule has 360 valence electrons. The molecule has 3 aliphatic rings. The smallest absolute Gasteiger partial charge is 0.354 e. The van der Waals surface area contributed by atoms with Crippen molar-refractivity contribution in [3.8, 4) is 0 Å². The van der Waals surface area contributed by atoms with Gasteiger partial charge in [-0.15, -0.1) is 0 Å². The first-order valence-corrected chi connectivity index (χ1v) is 21.7. The van der Waals surface area contributed by atoms with Crippen molar-refractivity contribution in [2.24, 2.45) is 9.98 Å². The Hall–Kier alpha value is -8.47. The summed E-state index contributed by atoms with van der Waals surface area (Å²) < 4.78 is 167. The van der Waals surface area contributed by atoms with E-state index >= 15 is 0 Å². The van der Waals surface area contributed by atoms with E-state index in [0.717, 1.165) is 48.5 Å². The first-order valence-electron chi connectivity index (χ1n) is 21.7. The number of H-pyrrole nitrogens is 2. The van der Waals surface area contributed by atoms with E-state index in [1.54, 1.807) is 79.1 Å². The van der Waals surface area contributed by atoms with Crippen molar-refractivity contribution in [3.05, 3.63) is 253 Å². The molecule has 5 nitrogen and oxygen atoms in total. The molecular weight excluding hydrogens is 959 g/mol. The van der Waals surface area contributed by atoms with Gasteiger partial charge in [-0.2, -0.15) is 52.7 Å². The first-order chi connectivity index (χ1) is 34.2. The van der Waals surface area contributed by atoms with Gasteiger partial charge in [-0.3, -0.25) is 4.98 Å². The molecule has 0 radical (unpaired) electrons.